The molecule has 1 atom stereocenters. The van der Waals surface area contributed by atoms with E-state index in [1.165, 1.54) is 17.7 Å². The maximum absolute atomic E-state index is 12.3. The average Bonchev–Trinajstić information content (AvgIpc) is 3.10. The lowest BCUT2D eigenvalue weighted by Gasteiger charge is -2.25. The quantitative estimate of drug-likeness (QED) is 0.599. The molecule has 1 N–H and O–H groups in total. The second-order valence-electron chi connectivity index (χ2n) is 6.85. The van der Waals surface area contributed by atoms with Crippen LogP contribution in [0.5, 0.6) is 5.75 Å². The highest BCUT2D eigenvalue weighted by Crippen LogP contribution is 2.29. The third-order valence-electron chi connectivity index (χ3n) is 4.73. The van der Waals surface area contributed by atoms with Crippen LogP contribution in [0.3, 0.4) is 0 Å². The summed E-state index contributed by atoms with van der Waals surface area (Å²) in [5.74, 6) is 0.832. The predicted octanol–water partition coefficient (Wildman–Crippen LogP) is 2.49. The van der Waals surface area contributed by atoms with Gasteiger partial charge in [0, 0.05) is 25.1 Å². The van der Waals surface area contributed by atoms with Gasteiger partial charge in [0.2, 0.25) is 5.91 Å². The minimum atomic E-state index is -0.451. The van der Waals surface area contributed by atoms with Crippen LogP contribution in [0.4, 0.5) is 5.69 Å². The molecule has 0 aromatic heterocycles. The lowest BCUT2D eigenvalue weighted by Crippen LogP contribution is -2.35. The fourth-order valence-corrected chi connectivity index (χ4v) is 3.21. The van der Waals surface area contributed by atoms with Crippen molar-refractivity contribution in [3.05, 3.63) is 69.3 Å². The molecule has 0 radical (unpaired) electrons. The van der Waals surface area contributed by atoms with E-state index < -0.39 is 4.92 Å². The molecular weight excluding hydrogens is 346 g/mol. The summed E-state index contributed by atoms with van der Waals surface area (Å²) in [4.78, 5) is 24.6. The number of likely N-dealkylation sites (N-methyl/N-ethyl adjacent to an activating group) is 1. The van der Waals surface area contributed by atoms with Gasteiger partial charge in [0.25, 0.3) is 5.69 Å². The summed E-state index contributed by atoms with van der Waals surface area (Å²) in [6.07, 6.45) is 1.10. The molecule has 1 aliphatic heterocycles. The number of fused-ring (bicyclic) bond motifs is 1. The highest BCUT2D eigenvalue weighted by atomic mass is 16.6. The first-order valence-corrected chi connectivity index (χ1v) is 8.86. The predicted molar refractivity (Wildman–Crippen MR) is 102 cm³/mol. The summed E-state index contributed by atoms with van der Waals surface area (Å²) in [5.41, 5.74) is 3.11. The first kappa shape index (κ1) is 18.8. The Morgan fingerprint density at radius 3 is 2.67 bits per heavy atom. The Morgan fingerprint density at radius 1 is 1.26 bits per heavy atom. The zero-order valence-electron chi connectivity index (χ0n) is 15.5. The van der Waals surface area contributed by atoms with Crippen molar-refractivity contribution in [2.45, 2.75) is 18.9 Å². The molecule has 1 unspecified atom stereocenters. The topological polar surface area (TPSA) is 84.7 Å². The van der Waals surface area contributed by atoms with Crippen molar-refractivity contribution in [1.29, 1.82) is 0 Å². The van der Waals surface area contributed by atoms with Crippen LogP contribution in [0.1, 0.15) is 22.7 Å². The monoisotopic (exact) mass is 369 g/mol. The van der Waals surface area contributed by atoms with Crippen LogP contribution in [-0.2, 0) is 17.6 Å². The molecule has 1 aliphatic rings. The number of amides is 1. The number of benzene rings is 2. The first-order chi connectivity index (χ1) is 12.9. The van der Waals surface area contributed by atoms with Gasteiger partial charge in [-0.3, -0.25) is 14.9 Å². The number of nitro benzene ring substituents is 1. The molecule has 3 rings (SSSR count). The molecule has 2 aromatic carbocycles. The zero-order valence-corrected chi connectivity index (χ0v) is 15.5. The Hall–Kier alpha value is -2.93. The maximum atomic E-state index is 12.3. The Morgan fingerprint density at radius 2 is 2.00 bits per heavy atom. The van der Waals surface area contributed by atoms with Gasteiger partial charge in [0.05, 0.1) is 24.0 Å². The number of hydrogen-bond acceptors (Lipinski definition) is 5. The van der Waals surface area contributed by atoms with Gasteiger partial charge < -0.3 is 15.0 Å². The van der Waals surface area contributed by atoms with Gasteiger partial charge in [-0.1, -0.05) is 24.3 Å². The number of nitro groups is 1. The van der Waals surface area contributed by atoms with Gasteiger partial charge in [-0.25, -0.2) is 0 Å². The van der Waals surface area contributed by atoms with Crippen LogP contribution in [0.2, 0.25) is 0 Å². The van der Waals surface area contributed by atoms with E-state index in [4.69, 9.17) is 4.74 Å². The molecule has 142 valence electrons. The molecule has 2 aromatic rings. The number of carbonyl (C=O) groups is 1. The van der Waals surface area contributed by atoms with E-state index in [1.807, 2.05) is 26.2 Å². The summed E-state index contributed by atoms with van der Waals surface area (Å²) >= 11 is 0. The summed E-state index contributed by atoms with van der Waals surface area (Å²) in [7, 11) is 3.97. The SMILES string of the molecule is CN(C)C(CNC(=O)Cc1ccc([N+](=O)[O-])cc1)c1ccc2c(c1)CCO2. The lowest BCUT2D eigenvalue weighted by atomic mass is 10.0. The van der Waals surface area contributed by atoms with Crippen molar-refractivity contribution in [3.63, 3.8) is 0 Å². The van der Waals surface area contributed by atoms with E-state index in [2.05, 4.69) is 16.3 Å². The summed E-state index contributed by atoms with van der Waals surface area (Å²) in [6.45, 7) is 1.20. The van der Waals surface area contributed by atoms with E-state index >= 15 is 0 Å². The van der Waals surface area contributed by atoms with Crippen molar-refractivity contribution in [2.75, 3.05) is 27.2 Å². The molecule has 7 nitrogen and oxygen atoms in total. The lowest BCUT2D eigenvalue weighted by molar-refractivity contribution is -0.384. The van der Waals surface area contributed by atoms with Crippen molar-refractivity contribution in [2.24, 2.45) is 0 Å². The standard InChI is InChI=1S/C20H23N3O4/c1-22(2)18(15-5-8-19-16(12-15)9-10-27-19)13-21-20(24)11-14-3-6-17(7-4-14)23(25)26/h3-8,12,18H,9-11,13H2,1-2H3,(H,21,24). The van der Waals surface area contributed by atoms with Gasteiger partial charge in [0.1, 0.15) is 5.75 Å². The number of rotatable bonds is 7. The number of carbonyl (C=O) groups excluding carboxylic acids is 1. The number of ether oxygens (including phenoxy) is 1. The number of hydrogen-bond donors (Lipinski definition) is 1. The van der Waals surface area contributed by atoms with Crippen LogP contribution in [0.15, 0.2) is 42.5 Å². The van der Waals surface area contributed by atoms with Gasteiger partial charge in [-0.05, 0) is 36.9 Å². The third-order valence-corrected chi connectivity index (χ3v) is 4.73. The average molecular weight is 369 g/mol. The Bertz CT molecular complexity index is 834. The number of nitrogens with zero attached hydrogens (tertiary/aromatic N) is 2. The molecular formula is C20H23N3O4. The first-order valence-electron chi connectivity index (χ1n) is 8.86. The molecule has 27 heavy (non-hydrogen) atoms. The van der Waals surface area contributed by atoms with E-state index in [0.29, 0.717) is 6.54 Å². The molecule has 1 amide bonds. The van der Waals surface area contributed by atoms with Crippen LogP contribution in [0.25, 0.3) is 0 Å². The normalized spacial score (nSPS) is 13.7. The summed E-state index contributed by atoms with van der Waals surface area (Å²) < 4.78 is 5.56. The molecule has 1 heterocycles. The van der Waals surface area contributed by atoms with E-state index in [-0.39, 0.29) is 24.1 Å². The Labute approximate surface area is 158 Å². The minimum Gasteiger partial charge on any atom is -0.493 e. The molecule has 0 saturated carbocycles. The number of non-ortho nitro benzene ring substituents is 1. The van der Waals surface area contributed by atoms with Crippen molar-refractivity contribution in [3.8, 4) is 5.75 Å². The second-order valence-corrected chi connectivity index (χ2v) is 6.85. The Balaban J connectivity index is 1.60. The molecule has 0 spiro atoms. The summed E-state index contributed by atoms with van der Waals surface area (Å²) in [6, 6.07) is 12.3. The number of nitrogens with one attached hydrogen (secondary N) is 1. The van der Waals surface area contributed by atoms with Gasteiger partial charge in [-0.15, -0.1) is 0 Å². The maximum Gasteiger partial charge on any atom is 0.269 e. The second kappa shape index (κ2) is 8.18. The highest BCUT2D eigenvalue weighted by molar-refractivity contribution is 5.78. The third kappa shape index (κ3) is 4.62. The van der Waals surface area contributed by atoms with Crippen LogP contribution < -0.4 is 10.1 Å². The van der Waals surface area contributed by atoms with E-state index in [1.54, 1.807) is 12.1 Å². The van der Waals surface area contributed by atoms with Crippen molar-refractivity contribution in [1.82, 2.24) is 10.2 Å². The van der Waals surface area contributed by atoms with E-state index in [9.17, 15) is 14.9 Å². The van der Waals surface area contributed by atoms with Crippen LogP contribution in [0, 0.1) is 10.1 Å². The van der Waals surface area contributed by atoms with E-state index in [0.717, 1.165) is 29.9 Å². The smallest absolute Gasteiger partial charge is 0.269 e. The molecule has 7 heteroatoms. The largest absolute Gasteiger partial charge is 0.493 e. The van der Waals surface area contributed by atoms with Gasteiger partial charge in [-0.2, -0.15) is 0 Å². The zero-order chi connectivity index (χ0) is 19.4. The fraction of sp³-hybridized carbons (Fsp3) is 0.350. The van der Waals surface area contributed by atoms with Crippen LogP contribution in [-0.4, -0.2) is 43.0 Å². The molecule has 0 bridgehead atoms. The molecule has 0 saturated heterocycles. The highest BCUT2D eigenvalue weighted by Gasteiger charge is 2.19. The van der Waals surface area contributed by atoms with Gasteiger partial charge >= 0.3 is 0 Å². The minimum absolute atomic E-state index is 0.0208. The fourth-order valence-electron chi connectivity index (χ4n) is 3.21. The molecule has 0 aliphatic carbocycles. The Kier molecular flexibility index (Phi) is 5.71. The van der Waals surface area contributed by atoms with Crippen molar-refractivity contribution >= 4 is 11.6 Å². The van der Waals surface area contributed by atoms with Gasteiger partial charge in [0.15, 0.2) is 0 Å². The van der Waals surface area contributed by atoms with Crippen molar-refractivity contribution < 1.29 is 14.5 Å². The van der Waals surface area contributed by atoms with Crippen LogP contribution >= 0.6 is 0 Å². The summed E-state index contributed by atoms with van der Waals surface area (Å²) in [5, 5.41) is 13.7. The molecule has 0 fully saturated rings.